The number of halogens is 1. The van der Waals surface area contributed by atoms with Gasteiger partial charge in [-0.1, -0.05) is 17.7 Å². The highest BCUT2D eigenvalue weighted by Gasteiger charge is 2.11. The van der Waals surface area contributed by atoms with Crippen LogP contribution in [0.3, 0.4) is 0 Å². The number of ether oxygens (including phenoxy) is 2. The maximum Gasteiger partial charge on any atom is 0.246 e. The summed E-state index contributed by atoms with van der Waals surface area (Å²) in [6, 6.07) is 9.38. The zero-order valence-electron chi connectivity index (χ0n) is 14.6. The van der Waals surface area contributed by atoms with Crippen LogP contribution in [0.1, 0.15) is 24.3 Å². The molecule has 0 aliphatic rings. The molecule has 1 heterocycles. The van der Waals surface area contributed by atoms with Crippen molar-refractivity contribution in [3.8, 4) is 11.5 Å². The molecule has 134 valence electrons. The zero-order chi connectivity index (χ0) is 18.2. The summed E-state index contributed by atoms with van der Waals surface area (Å²) < 4.78 is 11.6. The second-order valence-electron chi connectivity index (χ2n) is 5.23. The minimum absolute atomic E-state index is 0.0409. The molecule has 0 spiro atoms. The van der Waals surface area contributed by atoms with Gasteiger partial charge in [-0.15, -0.1) is 11.3 Å². The van der Waals surface area contributed by atoms with Crippen LogP contribution in [-0.4, -0.2) is 31.1 Å². The van der Waals surface area contributed by atoms with Gasteiger partial charge in [0.05, 0.1) is 24.6 Å². The molecular weight excluding hydrogens is 358 g/mol. The number of carbonyl (C=O) groups is 1. The first-order valence-corrected chi connectivity index (χ1v) is 9.28. The molecule has 1 amide bonds. The van der Waals surface area contributed by atoms with Crippen LogP contribution in [0.25, 0.3) is 6.08 Å². The number of thiophene rings is 1. The standard InChI is InChI=1S/C19H22ClNO3S/c1-4-21(13-15-8-10-18(20)25-15)19(22)11-7-14-6-9-16(23-3)17(12-14)24-5-2/h6-12H,4-5,13H2,1-3H3/b11-7+. The van der Waals surface area contributed by atoms with E-state index in [0.29, 0.717) is 31.2 Å². The van der Waals surface area contributed by atoms with Gasteiger partial charge in [-0.3, -0.25) is 4.79 Å². The molecule has 0 bridgehead atoms. The molecule has 2 rings (SSSR count). The summed E-state index contributed by atoms with van der Waals surface area (Å²) in [6.45, 7) is 5.62. The molecule has 1 aromatic carbocycles. The third-order valence-electron chi connectivity index (χ3n) is 3.57. The maximum atomic E-state index is 12.4. The van der Waals surface area contributed by atoms with Crippen molar-refractivity contribution in [1.82, 2.24) is 4.90 Å². The molecule has 0 saturated heterocycles. The highest BCUT2D eigenvalue weighted by Crippen LogP contribution is 2.28. The van der Waals surface area contributed by atoms with Crippen LogP contribution in [-0.2, 0) is 11.3 Å². The number of amides is 1. The molecule has 0 N–H and O–H groups in total. The number of methoxy groups -OCH3 is 1. The molecule has 0 atom stereocenters. The lowest BCUT2D eigenvalue weighted by Gasteiger charge is -2.18. The van der Waals surface area contributed by atoms with Crippen LogP contribution in [0.2, 0.25) is 4.34 Å². The topological polar surface area (TPSA) is 38.8 Å². The van der Waals surface area contributed by atoms with Gasteiger partial charge >= 0.3 is 0 Å². The quantitative estimate of drug-likeness (QED) is 0.614. The Bertz CT molecular complexity index is 742. The number of hydrogen-bond acceptors (Lipinski definition) is 4. The van der Waals surface area contributed by atoms with Crippen molar-refractivity contribution in [3.05, 3.63) is 51.2 Å². The van der Waals surface area contributed by atoms with Gasteiger partial charge in [0.25, 0.3) is 0 Å². The first-order valence-electron chi connectivity index (χ1n) is 8.09. The summed E-state index contributed by atoms with van der Waals surface area (Å²) in [5.41, 5.74) is 0.882. The smallest absolute Gasteiger partial charge is 0.246 e. The average Bonchev–Trinajstić information content (AvgIpc) is 3.03. The fraction of sp³-hybridized carbons (Fsp3) is 0.316. The minimum Gasteiger partial charge on any atom is -0.493 e. The van der Waals surface area contributed by atoms with Crippen LogP contribution >= 0.6 is 22.9 Å². The number of hydrogen-bond donors (Lipinski definition) is 0. The molecular formula is C19H22ClNO3S. The summed E-state index contributed by atoms with van der Waals surface area (Å²) in [5.74, 6) is 1.30. The van der Waals surface area contributed by atoms with E-state index in [-0.39, 0.29) is 5.91 Å². The molecule has 0 unspecified atom stereocenters. The van der Waals surface area contributed by atoms with Crippen LogP contribution in [0.15, 0.2) is 36.4 Å². The van der Waals surface area contributed by atoms with Gasteiger partial charge in [0.2, 0.25) is 5.91 Å². The fourth-order valence-electron chi connectivity index (χ4n) is 2.31. The highest BCUT2D eigenvalue weighted by molar-refractivity contribution is 7.16. The first kappa shape index (κ1) is 19.3. The van der Waals surface area contributed by atoms with E-state index in [1.807, 2.05) is 44.2 Å². The second kappa shape index (κ2) is 9.49. The van der Waals surface area contributed by atoms with Crippen LogP contribution < -0.4 is 9.47 Å². The zero-order valence-corrected chi connectivity index (χ0v) is 16.2. The predicted molar refractivity (Wildman–Crippen MR) is 104 cm³/mol. The molecule has 4 nitrogen and oxygen atoms in total. The number of nitrogens with zero attached hydrogens (tertiary/aromatic N) is 1. The Hall–Kier alpha value is -1.98. The van der Waals surface area contributed by atoms with Crippen LogP contribution in [0.5, 0.6) is 11.5 Å². The Balaban J connectivity index is 2.08. The number of carbonyl (C=O) groups excluding carboxylic acids is 1. The third-order valence-corrected chi connectivity index (χ3v) is 4.79. The maximum absolute atomic E-state index is 12.4. The normalized spacial score (nSPS) is 10.9. The van der Waals surface area contributed by atoms with E-state index < -0.39 is 0 Å². The van der Waals surface area contributed by atoms with Crippen LogP contribution in [0, 0.1) is 0 Å². The Morgan fingerprint density at radius 1 is 1.24 bits per heavy atom. The SMILES string of the molecule is CCOc1cc(/C=C/C(=O)N(CC)Cc2ccc(Cl)s2)ccc1OC. The number of benzene rings is 1. The van der Waals surface area contributed by atoms with E-state index in [4.69, 9.17) is 21.1 Å². The number of likely N-dealkylation sites (N-methyl/N-ethyl adjacent to an activating group) is 1. The van der Waals surface area contributed by atoms with E-state index in [1.165, 1.54) is 11.3 Å². The Morgan fingerprint density at radius 3 is 2.64 bits per heavy atom. The molecule has 25 heavy (non-hydrogen) atoms. The lowest BCUT2D eigenvalue weighted by molar-refractivity contribution is -0.126. The van der Waals surface area contributed by atoms with Crippen molar-refractivity contribution < 1.29 is 14.3 Å². The molecule has 6 heteroatoms. The highest BCUT2D eigenvalue weighted by atomic mass is 35.5. The van der Waals surface area contributed by atoms with Gasteiger partial charge in [0.15, 0.2) is 11.5 Å². The third kappa shape index (κ3) is 5.51. The second-order valence-corrected chi connectivity index (χ2v) is 7.03. The monoisotopic (exact) mass is 379 g/mol. The summed E-state index contributed by atoms with van der Waals surface area (Å²) in [6.07, 6.45) is 3.37. The van der Waals surface area contributed by atoms with Crippen molar-refractivity contribution in [2.24, 2.45) is 0 Å². The van der Waals surface area contributed by atoms with E-state index in [0.717, 1.165) is 14.8 Å². The van der Waals surface area contributed by atoms with Gasteiger partial charge in [0, 0.05) is 17.5 Å². The van der Waals surface area contributed by atoms with E-state index in [2.05, 4.69) is 0 Å². The lowest BCUT2D eigenvalue weighted by Crippen LogP contribution is -2.28. The van der Waals surface area contributed by atoms with Crippen molar-refractivity contribution >= 4 is 34.9 Å². The Kier molecular flexibility index (Phi) is 7.34. The van der Waals surface area contributed by atoms with Gasteiger partial charge in [-0.2, -0.15) is 0 Å². The molecule has 0 saturated carbocycles. The Morgan fingerprint density at radius 2 is 2.04 bits per heavy atom. The van der Waals surface area contributed by atoms with Gasteiger partial charge < -0.3 is 14.4 Å². The minimum atomic E-state index is -0.0409. The molecule has 0 aliphatic carbocycles. The Labute approximate surface area is 157 Å². The molecule has 1 aromatic heterocycles. The van der Waals surface area contributed by atoms with Crippen molar-refractivity contribution in [2.75, 3.05) is 20.3 Å². The molecule has 0 radical (unpaired) electrons. The van der Waals surface area contributed by atoms with Gasteiger partial charge in [0.1, 0.15) is 0 Å². The number of rotatable bonds is 8. The predicted octanol–water partition coefficient (Wildman–Crippen LogP) is 4.87. The molecule has 0 aliphatic heterocycles. The fourth-order valence-corrected chi connectivity index (χ4v) is 3.41. The van der Waals surface area contributed by atoms with Crippen molar-refractivity contribution in [1.29, 1.82) is 0 Å². The summed E-state index contributed by atoms with van der Waals surface area (Å²) in [4.78, 5) is 15.3. The van der Waals surface area contributed by atoms with Gasteiger partial charge in [-0.25, -0.2) is 0 Å². The van der Waals surface area contributed by atoms with Crippen LogP contribution in [0.4, 0.5) is 0 Å². The van der Waals surface area contributed by atoms with Gasteiger partial charge in [-0.05, 0) is 49.8 Å². The molecule has 0 fully saturated rings. The molecule has 2 aromatic rings. The summed E-state index contributed by atoms with van der Waals surface area (Å²) in [7, 11) is 1.60. The van der Waals surface area contributed by atoms with E-state index in [9.17, 15) is 4.79 Å². The first-order chi connectivity index (χ1) is 12.1. The van der Waals surface area contributed by atoms with Crippen molar-refractivity contribution in [2.45, 2.75) is 20.4 Å². The summed E-state index contributed by atoms with van der Waals surface area (Å²) in [5, 5.41) is 0. The average molecular weight is 380 g/mol. The van der Waals surface area contributed by atoms with Crippen molar-refractivity contribution in [3.63, 3.8) is 0 Å². The lowest BCUT2D eigenvalue weighted by atomic mass is 10.2. The summed E-state index contributed by atoms with van der Waals surface area (Å²) >= 11 is 7.44. The van der Waals surface area contributed by atoms with E-state index >= 15 is 0 Å². The largest absolute Gasteiger partial charge is 0.493 e. The van der Waals surface area contributed by atoms with E-state index in [1.54, 1.807) is 24.2 Å².